The molecule has 0 aromatic carbocycles. The summed E-state index contributed by atoms with van der Waals surface area (Å²) in [5.41, 5.74) is 1.19. The van der Waals surface area contributed by atoms with Crippen LogP contribution in [0.2, 0.25) is 5.02 Å². The molecule has 0 radical (unpaired) electrons. The average Bonchev–Trinajstić information content (AvgIpc) is 2.73. The fourth-order valence-electron chi connectivity index (χ4n) is 2.46. The van der Waals surface area contributed by atoms with Crippen molar-refractivity contribution in [3.63, 3.8) is 0 Å². The molecular formula is C14H22ClNOS. The SMILES string of the molecule is CCCNC(c1scc(C)c1Cl)C1CCCOC1. The van der Waals surface area contributed by atoms with Crippen LogP contribution in [-0.4, -0.2) is 19.8 Å². The molecule has 1 aliphatic heterocycles. The Balaban J connectivity index is 2.15. The smallest absolute Gasteiger partial charge is 0.0590 e. The molecule has 1 aliphatic rings. The Morgan fingerprint density at radius 1 is 1.61 bits per heavy atom. The lowest BCUT2D eigenvalue weighted by Gasteiger charge is -2.30. The van der Waals surface area contributed by atoms with Crippen LogP contribution in [0.4, 0.5) is 0 Å². The lowest BCUT2D eigenvalue weighted by atomic mass is 9.92. The highest BCUT2D eigenvalue weighted by Gasteiger charge is 2.28. The van der Waals surface area contributed by atoms with Gasteiger partial charge in [-0.1, -0.05) is 18.5 Å². The first kappa shape index (κ1) is 14.3. The number of nitrogens with one attached hydrogen (secondary N) is 1. The Kier molecular flexibility index (Phi) is 5.49. The predicted octanol–water partition coefficient (Wildman–Crippen LogP) is 4.18. The van der Waals surface area contributed by atoms with Gasteiger partial charge in [-0.25, -0.2) is 0 Å². The van der Waals surface area contributed by atoms with Crippen LogP contribution in [0.1, 0.15) is 42.7 Å². The Hall–Kier alpha value is -0.0900. The van der Waals surface area contributed by atoms with Crippen LogP contribution in [0.25, 0.3) is 0 Å². The molecule has 0 aliphatic carbocycles. The number of aryl methyl sites for hydroxylation is 1. The molecule has 2 rings (SSSR count). The zero-order valence-electron chi connectivity index (χ0n) is 11.2. The van der Waals surface area contributed by atoms with Crippen molar-refractivity contribution in [2.45, 2.75) is 39.2 Å². The van der Waals surface area contributed by atoms with Gasteiger partial charge in [0.25, 0.3) is 0 Å². The number of ether oxygens (including phenoxy) is 1. The van der Waals surface area contributed by atoms with Crippen molar-refractivity contribution in [1.82, 2.24) is 5.32 Å². The highest BCUT2D eigenvalue weighted by molar-refractivity contribution is 7.10. The van der Waals surface area contributed by atoms with Crippen molar-refractivity contribution < 1.29 is 4.74 Å². The number of hydrogen-bond donors (Lipinski definition) is 1. The van der Waals surface area contributed by atoms with Gasteiger partial charge in [0.1, 0.15) is 0 Å². The number of rotatable bonds is 5. The largest absolute Gasteiger partial charge is 0.381 e. The summed E-state index contributed by atoms with van der Waals surface area (Å²) < 4.78 is 5.63. The molecule has 1 N–H and O–H groups in total. The molecule has 0 saturated carbocycles. The lowest BCUT2D eigenvalue weighted by Crippen LogP contribution is -2.33. The maximum Gasteiger partial charge on any atom is 0.0590 e. The minimum Gasteiger partial charge on any atom is -0.381 e. The molecule has 0 spiro atoms. The molecule has 1 aromatic rings. The predicted molar refractivity (Wildman–Crippen MR) is 78.6 cm³/mol. The Labute approximate surface area is 119 Å². The van der Waals surface area contributed by atoms with Gasteiger partial charge in [0.05, 0.1) is 11.6 Å². The first-order valence-corrected chi connectivity index (χ1v) is 8.04. The van der Waals surface area contributed by atoms with E-state index in [0.29, 0.717) is 12.0 Å². The first-order chi connectivity index (χ1) is 8.74. The first-order valence-electron chi connectivity index (χ1n) is 6.78. The second-order valence-electron chi connectivity index (χ2n) is 5.01. The molecule has 1 saturated heterocycles. The minimum atomic E-state index is 0.358. The standard InChI is InChI=1S/C14H22ClNOS/c1-3-6-16-13(11-5-4-7-17-8-11)14-12(15)10(2)9-18-14/h9,11,13,16H,3-8H2,1-2H3. The summed E-state index contributed by atoms with van der Waals surface area (Å²) >= 11 is 8.21. The van der Waals surface area contributed by atoms with Crippen molar-refractivity contribution in [1.29, 1.82) is 0 Å². The van der Waals surface area contributed by atoms with Crippen LogP contribution in [0, 0.1) is 12.8 Å². The van der Waals surface area contributed by atoms with E-state index in [1.165, 1.54) is 16.9 Å². The van der Waals surface area contributed by atoms with Crippen LogP contribution in [0.3, 0.4) is 0 Å². The van der Waals surface area contributed by atoms with Gasteiger partial charge in [0, 0.05) is 23.4 Å². The van der Waals surface area contributed by atoms with Crippen molar-refractivity contribution in [2.24, 2.45) is 5.92 Å². The van der Waals surface area contributed by atoms with Crippen molar-refractivity contribution in [3.8, 4) is 0 Å². The summed E-state index contributed by atoms with van der Waals surface area (Å²) in [4.78, 5) is 1.29. The summed E-state index contributed by atoms with van der Waals surface area (Å²) in [7, 11) is 0. The Morgan fingerprint density at radius 3 is 3.00 bits per heavy atom. The molecular weight excluding hydrogens is 266 g/mol. The van der Waals surface area contributed by atoms with E-state index >= 15 is 0 Å². The maximum atomic E-state index is 6.43. The number of hydrogen-bond acceptors (Lipinski definition) is 3. The quantitative estimate of drug-likeness (QED) is 0.877. The van der Waals surface area contributed by atoms with Gasteiger partial charge in [0.15, 0.2) is 0 Å². The normalized spacial score (nSPS) is 22.1. The van der Waals surface area contributed by atoms with E-state index < -0.39 is 0 Å². The van der Waals surface area contributed by atoms with E-state index in [9.17, 15) is 0 Å². The van der Waals surface area contributed by atoms with Gasteiger partial charge < -0.3 is 10.1 Å². The summed E-state index contributed by atoms with van der Waals surface area (Å²) in [5, 5.41) is 6.75. The van der Waals surface area contributed by atoms with Gasteiger partial charge in [-0.2, -0.15) is 0 Å². The zero-order valence-corrected chi connectivity index (χ0v) is 12.7. The second kappa shape index (κ2) is 6.90. The number of halogens is 1. The highest BCUT2D eigenvalue weighted by atomic mass is 35.5. The van der Waals surface area contributed by atoms with E-state index in [0.717, 1.165) is 37.6 Å². The van der Waals surface area contributed by atoms with E-state index in [-0.39, 0.29) is 0 Å². The highest BCUT2D eigenvalue weighted by Crippen LogP contribution is 2.38. The van der Waals surface area contributed by atoms with Gasteiger partial charge in [0.2, 0.25) is 0 Å². The van der Waals surface area contributed by atoms with E-state index in [1.807, 2.05) is 0 Å². The Morgan fingerprint density at radius 2 is 2.44 bits per heavy atom. The van der Waals surface area contributed by atoms with Gasteiger partial charge in [-0.05, 0) is 43.7 Å². The van der Waals surface area contributed by atoms with E-state index in [1.54, 1.807) is 11.3 Å². The number of thiophene rings is 1. The molecule has 0 bridgehead atoms. The van der Waals surface area contributed by atoms with Crippen molar-refractivity contribution in [3.05, 3.63) is 20.8 Å². The van der Waals surface area contributed by atoms with Crippen molar-refractivity contribution >= 4 is 22.9 Å². The Bertz CT molecular complexity index is 374. The van der Waals surface area contributed by atoms with Crippen LogP contribution >= 0.6 is 22.9 Å². The topological polar surface area (TPSA) is 21.3 Å². The van der Waals surface area contributed by atoms with E-state index in [4.69, 9.17) is 16.3 Å². The minimum absolute atomic E-state index is 0.358. The van der Waals surface area contributed by atoms with Crippen LogP contribution in [0.5, 0.6) is 0 Å². The third kappa shape index (κ3) is 3.27. The third-order valence-electron chi connectivity index (χ3n) is 3.49. The molecule has 102 valence electrons. The van der Waals surface area contributed by atoms with Crippen LogP contribution in [-0.2, 0) is 4.74 Å². The summed E-state index contributed by atoms with van der Waals surface area (Å²) in [5.74, 6) is 0.556. The molecule has 1 fully saturated rings. The van der Waals surface area contributed by atoms with Crippen LogP contribution < -0.4 is 5.32 Å². The monoisotopic (exact) mass is 287 g/mol. The lowest BCUT2D eigenvalue weighted by molar-refractivity contribution is 0.0396. The van der Waals surface area contributed by atoms with Crippen molar-refractivity contribution in [2.75, 3.05) is 19.8 Å². The summed E-state index contributed by atoms with van der Waals surface area (Å²) in [6.45, 7) is 7.08. The molecule has 2 nitrogen and oxygen atoms in total. The molecule has 0 amide bonds. The molecule has 2 atom stereocenters. The van der Waals surface area contributed by atoms with Gasteiger partial charge in [-0.3, -0.25) is 0 Å². The maximum absolute atomic E-state index is 6.43. The molecule has 2 unspecified atom stereocenters. The molecule has 1 aromatic heterocycles. The fraction of sp³-hybridized carbons (Fsp3) is 0.714. The van der Waals surface area contributed by atoms with Gasteiger partial charge >= 0.3 is 0 Å². The van der Waals surface area contributed by atoms with E-state index in [2.05, 4.69) is 24.5 Å². The average molecular weight is 288 g/mol. The zero-order chi connectivity index (χ0) is 13.0. The molecule has 2 heterocycles. The summed E-state index contributed by atoms with van der Waals surface area (Å²) in [6, 6.07) is 0.358. The fourth-order valence-corrected chi connectivity index (χ4v) is 3.94. The van der Waals surface area contributed by atoms with Crippen LogP contribution in [0.15, 0.2) is 5.38 Å². The molecule has 4 heteroatoms. The van der Waals surface area contributed by atoms with Gasteiger partial charge in [-0.15, -0.1) is 11.3 Å². The summed E-state index contributed by atoms with van der Waals surface area (Å²) in [6.07, 6.45) is 3.54. The second-order valence-corrected chi connectivity index (χ2v) is 6.30. The molecule has 18 heavy (non-hydrogen) atoms. The third-order valence-corrected chi connectivity index (χ3v) is 5.29.